The first kappa shape index (κ1) is 18.8. The van der Waals surface area contributed by atoms with E-state index < -0.39 is 0 Å². The third-order valence-corrected chi connectivity index (χ3v) is 4.85. The summed E-state index contributed by atoms with van der Waals surface area (Å²) < 4.78 is 6.69. The predicted molar refractivity (Wildman–Crippen MR) is 105 cm³/mol. The van der Waals surface area contributed by atoms with Gasteiger partial charge < -0.3 is 10.1 Å². The molecule has 0 spiro atoms. The standard InChI is InChI=1S/C19H20N4O3S/c1-26-16-9-5-8-15(12-16)20-17(24)13-27-19-22-21-18(25)23(19)11-10-14-6-3-2-4-7-14/h2-9,12H,10-11,13H2,1H3,(H,20,24)(H,21,25). The van der Waals surface area contributed by atoms with Gasteiger partial charge in [0.25, 0.3) is 0 Å². The molecule has 0 bridgehead atoms. The number of rotatable bonds is 8. The Morgan fingerprint density at radius 2 is 2.04 bits per heavy atom. The van der Waals surface area contributed by atoms with Crippen LogP contribution in [0, 0.1) is 0 Å². The fourth-order valence-electron chi connectivity index (χ4n) is 2.52. The van der Waals surface area contributed by atoms with E-state index in [1.54, 1.807) is 35.9 Å². The minimum Gasteiger partial charge on any atom is -0.497 e. The number of nitrogens with zero attached hydrogens (tertiary/aromatic N) is 2. The maximum Gasteiger partial charge on any atom is 0.343 e. The number of ether oxygens (including phenoxy) is 1. The molecule has 0 aliphatic heterocycles. The number of aromatic amines is 1. The monoisotopic (exact) mass is 384 g/mol. The van der Waals surface area contributed by atoms with Crippen LogP contribution >= 0.6 is 11.8 Å². The second-order valence-electron chi connectivity index (χ2n) is 5.77. The van der Waals surface area contributed by atoms with E-state index in [0.29, 0.717) is 29.6 Å². The van der Waals surface area contributed by atoms with E-state index in [9.17, 15) is 9.59 Å². The van der Waals surface area contributed by atoms with Crippen molar-refractivity contribution in [2.24, 2.45) is 0 Å². The lowest BCUT2D eigenvalue weighted by molar-refractivity contribution is -0.113. The lowest BCUT2D eigenvalue weighted by Gasteiger charge is -2.08. The minimum atomic E-state index is -0.276. The summed E-state index contributed by atoms with van der Waals surface area (Å²) in [6.45, 7) is 0.499. The third kappa shape index (κ3) is 5.24. The van der Waals surface area contributed by atoms with Crippen LogP contribution in [0.5, 0.6) is 5.75 Å². The Morgan fingerprint density at radius 3 is 2.81 bits per heavy atom. The van der Waals surface area contributed by atoms with Crippen molar-refractivity contribution in [3.63, 3.8) is 0 Å². The Morgan fingerprint density at radius 1 is 1.22 bits per heavy atom. The second-order valence-corrected chi connectivity index (χ2v) is 6.71. The van der Waals surface area contributed by atoms with Gasteiger partial charge in [-0.2, -0.15) is 0 Å². The van der Waals surface area contributed by atoms with Crippen LogP contribution in [-0.4, -0.2) is 33.5 Å². The normalized spacial score (nSPS) is 10.6. The van der Waals surface area contributed by atoms with Gasteiger partial charge in [0.05, 0.1) is 12.9 Å². The Balaban J connectivity index is 1.57. The molecule has 0 saturated heterocycles. The van der Waals surface area contributed by atoms with Gasteiger partial charge in [-0.3, -0.25) is 9.36 Å². The maximum atomic E-state index is 12.2. The SMILES string of the molecule is COc1cccc(NC(=O)CSc2n[nH]c(=O)n2CCc2ccccc2)c1. The maximum absolute atomic E-state index is 12.2. The largest absolute Gasteiger partial charge is 0.497 e. The molecule has 0 atom stereocenters. The molecular formula is C19H20N4O3S. The van der Waals surface area contributed by atoms with Gasteiger partial charge in [0, 0.05) is 18.3 Å². The van der Waals surface area contributed by atoms with E-state index in [0.717, 1.165) is 5.56 Å². The first-order valence-electron chi connectivity index (χ1n) is 8.41. The van der Waals surface area contributed by atoms with Crippen molar-refractivity contribution >= 4 is 23.4 Å². The van der Waals surface area contributed by atoms with Crippen molar-refractivity contribution < 1.29 is 9.53 Å². The van der Waals surface area contributed by atoms with E-state index in [1.165, 1.54) is 11.8 Å². The molecule has 27 heavy (non-hydrogen) atoms. The van der Waals surface area contributed by atoms with E-state index in [1.807, 2.05) is 30.3 Å². The molecule has 0 fully saturated rings. The number of aromatic nitrogens is 3. The van der Waals surface area contributed by atoms with Gasteiger partial charge in [-0.05, 0) is 24.1 Å². The second kappa shape index (κ2) is 9.09. The fraction of sp³-hybridized carbons (Fsp3) is 0.211. The molecule has 0 aliphatic rings. The predicted octanol–water partition coefficient (Wildman–Crippen LogP) is 2.55. The number of hydrogen-bond acceptors (Lipinski definition) is 5. The molecule has 1 aromatic heterocycles. The lowest BCUT2D eigenvalue weighted by atomic mass is 10.1. The molecular weight excluding hydrogens is 364 g/mol. The molecule has 3 aromatic rings. The lowest BCUT2D eigenvalue weighted by Crippen LogP contribution is -2.20. The summed E-state index contributed by atoms with van der Waals surface area (Å²) in [6.07, 6.45) is 0.712. The zero-order valence-corrected chi connectivity index (χ0v) is 15.7. The number of carbonyl (C=O) groups is 1. The smallest absolute Gasteiger partial charge is 0.343 e. The summed E-state index contributed by atoms with van der Waals surface area (Å²) in [4.78, 5) is 24.2. The molecule has 8 heteroatoms. The van der Waals surface area contributed by atoms with Gasteiger partial charge in [-0.25, -0.2) is 9.89 Å². The van der Waals surface area contributed by atoms with Gasteiger partial charge in [0.2, 0.25) is 5.91 Å². The summed E-state index contributed by atoms with van der Waals surface area (Å²) in [5.41, 5.74) is 1.52. The van der Waals surface area contributed by atoms with Crippen LogP contribution in [0.3, 0.4) is 0 Å². The Kier molecular flexibility index (Phi) is 6.32. The zero-order chi connectivity index (χ0) is 19.1. The van der Waals surface area contributed by atoms with Crippen molar-refractivity contribution in [1.29, 1.82) is 0 Å². The highest BCUT2D eigenvalue weighted by molar-refractivity contribution is 7.99. The van der Waals surface area contributed by atoms with Crippen LogP contribution in [-0.2, 0) is 17.8 Å². The molecule has 2 aromatic carbocycles. The van der Waals surface area contributed by atoms with Crippen LogP contribution in [0.4, 0.5) is 5.69 Å². The van der Waals surface area contributed by atoms with Crippen LogP contribution in [0.1, 0.15) is 5.56 Å². The highest BCUT2D eigenvalue weighted by Crippen LogP contribution is 2.18. The molecule has 3 rings (SSSR count). The number of methoxy groups -OCH3 is 1. The van der Waals surface area contributed by atoms with E-state index in [2.05, 4.69) is 15.5 Å². The first-order chi connectivity index (χ1) is 13.2. The summed E-state index contributed by atoms with van der Waals surface area (Å²) >= 11 is 1.22. The van der Waals surface area contributed by atoms with E-state index >= 15 is 0 Å². The molecule has 0 saturated carbocycles. The van der Waals surface area contributed by atoms with Crippen molar-refractivity contribution in [3.8, 4) is 5.75 Å². The van der Waals surface area contributed by atoms with Crippen molar-refractivity contribution in [2.75, 3.05) is 18.2 Å². The molecule has 140 valence electrons. The van der Waals surface area contributed by atoms with Crippen molar-refractivity contribution in [2.45, 2.75) is 18.1 Å². The fourth-order valence-corrected chi connectivity index (χ4v) is 3.30. The van der Waals surface area contributed by atoms with Gasteiger partial charge in [0.1, 0.15) is 5.75 Å². The van der Waals surface area contributed by atoms with Crippen LogP contribution in [0.15, 0.2) is 64.5 Å². The number of nitrogens with one attached hydrogen (secondary N) is 2. The molecule has 0 unspecified atom stereocenters. The quantitative estimate of drug-likeness (QED) is 0.583. The van der Waals surface area contributed by atoms with Gasteiger partial charge in [-0.1, -0.05) is 48.2 Å². The van der Waals surface area contributed by atoms with E-state index in [4.69, 9.17) is 4.74 Å². The van der Waals surface area contributed by atoms with Gasteiger partial charge >= 0.3 is 5.69 Å². The molecule has 1 amide bonds. The number of anilines is 1. The van der Waals surface area contributed by atoms with Crippen LogP contribution in [0.25, 0.3) is 0 Å². The highest BCUT2D eigenvalue weighted by Gasteiger charge is 2.12. The van der Waals surface area contributed by atoms with Crippen LogP contribution < -0.4 is 15.7 Å². The number of aryl methyl sites for hydroxylation is 1. The number of amides is 1. The van der Waals surface area contributed by atoms with Crippen molar-refractivity contribution in [3.05, 3.63) is 70.6 Å². The summed E-state index contributed by atoms with van der Waals surface area (Å²) in [5.74, 6) is 0.633. The van der Waals surface area contributed by atoms with Gasteiger partial charge in [0.15, 0.2) is 5.16 Å². The summed E-state index contributed by atoms with van der Waals surface area (Å²) in [5, 5.41) is 9.78. The Labute approximate surface area is 160 Å². The average molecular weight is 384 g/mol. The van der Waals surface area contributed by atoms with Crippen molar-refractivity contribution in [1.82, 2.24) is 14.8 Å². The number of hydrogen-bond donors (Lipinski definition) is 2. The Bertz CT molecular complexity index is 953. The minimum absolute atomic E-state index is 0.146. The average Bonchev–Trinajstić information content (AvgIpc) is 3.05. The van der Waals surface area contributed by atoms with Crippen LogP contribution in [0.2, 0.25) is 0 Å². The molecule has 2 N–H and O–H groups in total. The summed E-state index contributed by atoms with van der Waals surface area (Å²) in [7, 11) is 1.57. The topological polar surface area (TPSA) is 89.0 Å². The summed E-state index contributed by atoms with van der Waals surface area (Å²) in [6, 6.07) is 17.0. The first-order valence-corrected chi connectivity index (χ1v) is 9.40. The molecule has 1 heterocycles. The van der Waals surface area contributed by atoms with Gasteiger partial charge in [-0.15, -0.1) is 5.10 Å². The number of thioether (sulfide) groups is 1. The third-order valence-electron chi connectivity index (χ3n) is 3.88. The van der Waals surface area contributed by atoms with E-state index in [-0.39, 0.29) is 17.3 Å². The number of carbonyl (C=O) groups excluding carboxylic acids is 1. The number of benzene rings is 2. The molecule has 0 radical (unpaired) electrons. The highest BCUT2D eigenvalue weighted by atomic mass is 32.2. The Hall–Kier alpha value is -3.00. The molecule has 0 aliphatic carbocycles. The number of H-pyrrole nitrogens is 1. The molecule has 7 nitrogen and oxygen atoms in total. The zero-order valence-electron chi connectivity index (χ0n) is 14.8.